The van der Waals surface area contributed by atoms with Crippen molar-refractivity contribution in [3.8, 4) is 23.0 Å². The maximum absolute atomic E-state index is 6.03. The van der Waals surface area contributed by atoms with E-state index in [1.807, 2.05) is 24.3 Å². The molecule has 14 heteroatoms. The van der Waals surface area contributed by atoms with Crippen LogP contribution in [0.5, 0.6) is 23.0 Å². The van der Waals surface area contributed by atoms with Gasteiger partial charge in [0.1, 0.15) is 26.4 Å². The summed E-state index contributed by atoms with van der Waals surface area (Å²) in [6, 6.07) is 8.00. The molecule has 0 fully saturated rings. The van der Waals surface area contributed by atoms with Crippen LogP contribution < -0.4 is 18.9 Å². The molecule has 0 saturated carbocycles. The molecule has 2 aromatic rings. The number of alkyl halides is 4. The van der Waals surface area contributed by atoms with Gasteiger partial charge in [0.25, 0.3) is 0 Å². The third-order valence-electron chi connectivity index (χ3n) is 6.54. The fourth-order valence-corrected chi connectivity index (χ4v) is 6.25. The van der Waals surface area contributed by atoms with E-state index in [-0.39, 0.29) is 0 Å². The maximum Gasteiger partial charge on any atom is 0.161 e. The summed E-state index contributed by atoms with van der Waals surface area (Å²) in [5.74, 6) is 2.68. The largest absolute Gasteiger partial charge is 0.487 e. The van der Waals surface area contributed by atoms with Crippen molar-refractivity contribution in [1.82, 2.24) is 0 Å². The molecule has 0 radical (unpaired) electrons. The number of benzene rings is 2. The van der Waals surface area contributed by atoms with Crippen molar-refractivity contribution in [2.45, 2.75) is 21.3 Å². The Kier molecular flexibility index (Phi) is 21.9. The summed E-state index contributed by atoms with van der Waals surface area (Å²) < 4.78 is 58.1. The van der Waals surface area contributed by atoms with Crippen molar-refractivity contribution in [1.29, 1.82) is 0 Å². The van der Waals surface area contributed by atoms with Crippen molar-refractivity contribution in [2.24, 2.45) is 0 Å². The van der Waals surface area contributed by atoms with E-state index in [1.54, 1.807) is 0 Å². The van der Waals surface area contributed by atoms with E-state index in [9.17, 15) is 0 Å². The second-order valence-corrected chi connectivity index (χ2v) is 12.0. The Morgan fingerprint density at radius 1 is 0.304 bits per heavy atom. The first kappa shape index (κ1) is 39.8. The van der Waals surface area contributed by atoms with Crippen molar-refractivity contribution in [2.75, 3.05) is 106 Å². The minimum atomic E-state index is 0.384. The molecule has 1 heterocycles. The van der Waals surface area contributed by atoms with Gasteiger partial charge >= 0.3 is 0 Å². The molecule has 1 aliphatic rings. The van der Waals surface area contributed by atoms with Crippen LogP contribution in [0.1, 0.15) is 22.3 Å². The Hall–Kier alpha value is -0.680. The van der Waals surface area contributed by atoms with Gasteiger partial charge in [-0.1, -0.05) is 63.7 Å². The number of hydrogen-bond donors (Lipinski definition) is 0. The van der Waals surface area contributed by atoms with Gasteiger partial charge in [0, 0.05) is 21.3 Å². The molecule has 0 bridgehead atoms. The van der Waals surface area contributed by atoms with E-state index in [1.165, 1.54) is 0 Å². The smallest absolute Gasteiger partial charge is 0.161 e. The fraction of sp³-hybridized carbons (Fsp3) is 0.625. The van der Waals surface area contributed by atoms with Crippen LogP contribution in [-0.2, 0) is 49.7 Å². The molecular formula is C32H44Br4O10. The van der Waals surface area contributed by atoms with E-state index >= 15 is 0 Å². The summed E-state index contributed by atoms with van der Waals surface area (Å²) in [4.78, 5) is 0. The number of rotatable bonds is 4. The van der Waals surface area contributed by atoms with Crippen molar-refractivity contribution < 1.29 is 47.4 Å². The third-order valence-corrected chi connectivity index (χ3v) is 8.95. The molecule has 0 aliphatic carbocycles. The predicted octanol–water partition coefficient (Wildman–Crippen LogP) is 6.59. The minimum absolute atomic E-state index is 0.384. The number of ether oxygens (including phenoxy) is 10. The average Bonchev–Trinajstić information content (AvgIpc) is 3.08. The van der Waals surface area contributed by atoms with Gasteiger partial charge in [0.2, 0.25) is 0 Å². The molecule has 0 amide bonds. The molecule has 0 aromatic heterocycles. The van der Waals surface area contributed by atoms with Gasteiger partial charge < -0.3 is 47.4 Å². The third kappa shape index (κ3) is 15.3. The zero-order chi connectivity index (χ0) is 32.7. The van der Waals surface area contributed by atoms with Crippen LogP contribution >= 0.6 is 63.7 Å². The summed E-state index contributed by atoms with van der Waals surface area (Å²) in [5, 5.41) is 2.84. The van der Waals surface area contributed by atoms with Gasteiger partial charge in [0.15, 0.2) is 23.0 Å². The van der Waals surface area contributed by atoms with Gasteiger partial charge in [0.05, 0.1) is 79.3 Å². The Bertz CT molecular complexity index is 944. The second kappa shape index (κ2) is 25.3. The molecule has 2 aromatic carbocycles. The van der Waals surface area contributed by atoms with E-state index in [0.717, 1.165) is 22.3 Å². The van der Waals surface area contributed by atoms with E-state index < -0.39 is 0 Å². The molecule has 0 saturated heterocycles. The van der Waals surface area contributed by atoms with E-state index in [0.29, 0.717) is 150 Å². The first-order chi connectivity index (χ1) is 22.7. The Labute approximate surface area is 305 Å². The monoisotopic (exact) mass is 904 g/mol. The number of halogens is 4. The average molecular weight is 908 g/mol. The van der Waals surface area contributed by atoms with Crippen molar-refractivity contribution >= 4 is 63.7 Å². The number of hydrogen-bond acceptors (Lipinski definition) is 10. The standard InChI is InChI=1S/C32H44Br4O10/c33-21-25-17-29-30(18-26(25)22-34)45-15-11-41-7-3-38-4-8-42-12-16-46-32-20-28(24-36)27(23-35)19-31(32)44-14-10-40-6-2-37-1-5-39-9-13-43-29/h17-20H,1-16,21-24H2. The summed E-state index contributed by atoms with van der Waals surface area (Å²) in [6.45, 7) is 6.93. The van der Waals surface area contributed by atoms with E-state index in [2.05, 4.69) is 63.7 Å². The van der Waals surface area contributed by atoms with Gasteiger partial charge in [-0.3, -0.25) is 0 Å². The summed E-state index contributed by atoms with van der Waals surface area (Å²) >= 11 is 14.2. The Morgan fingerprint density at radius 3 is 0.652 bits per heavy atom. The molecule has 46 heavy (non-hydrogen) atoms. The highest BCUT2D eigenvalue weighted by atomic mass is 79.9. The lowest BCUT2D eigenvalue weighted by molar-refractivity contribution is 0.00247. The van der Waals surface area contributed by atoms with Crippen molar-refractivity contribution in [3.63, 3.8) is 0 Å². The predicted molar refractivity (Wildman–Crippen MR) is 190 cm³/mol. The SMILES string of the molecule is BrCc1cc2c(cc1CBr)OCCOCCOCCOCCOc1cc(CBr)c(CBr)cc1OCCOCCOCCOCCO2. The highest BCUT2D eigenvalue weighted by Crippen LogP contribution is 2.34. The molecule has 260 valence electrons. The van der Waals surface area contributed by atoms with Crippen molar-refractivity contribution in [3.05, 3.63) is 46.5 Å². The van der Waals surface area contributed by atoms with Crippen LogP contribution in [0.15, 0.2) is 24.3 Å². The van der Waals surface area contributed by atoms with Gasteiger partial charge in [-0.15, -0.1) is 0 Å². The highest BCUT2D eigenvalue weighted by Gasteiger charge is 2.13. The second-order valence-electron chi connectivity index (χ2n) is 9.74. The van der Waals surface area contributed by atoms with Crippen LogP contribution in [0.3, 0.4) is 0 Å². The molecular weight excluding hydrogens is 864 g/mol. The lowest BCUT2D eigenvalue weighted by Gasteiger charge is -2.17. The molecule has 3 rings (SSSR count). The Balaban J connectivity index is 1.50. The lowest BCUT2D eigenvalue weighted by atomic mass is 10.1. The molecule has 0 atom stereocenters. The van der Waals surface area contributed by atoms with Crippen LogP contribution in [0.25, 0.3) is 0 Å². The van der Waals surface area contributed by atoms with Crippen LogP contribution in [0.4, 0.5) is 0 Å². The molecule has 0 unspecified atom stereocenters. The summed E-state index contributed by atoms with van der Waals surface area (Å²) in [5.41, 5.74) is 4.51. The molecule has 0 spiro atoms. The van der Waals surface area contributed by atoms with Crippen LogP contribution in [0, 0.1) is 0 Å². The normalized spacial score (nSPS) is 18.0. The zero-order valence-electron chi connectivity index (χ0n) is 26.0. The van der Waals surface area contributed by atoms with E-state index in [4.69, 9.17) is 47.4 Å². The fourth-order valence-electron chi connectivity index (χ4n) is 4.16. The quantitative estimate of drug-likeness (QED) is 0.313. The molecule has 10 nitrogen and oxygen atoms in total. The topological polar surface area (TPSA) is 92.3 Å². The first-order valence-corrected chi connectivity index (χ1v) is 19.7. The zero-order valence-corrected chi connectivity index (χ0v) is 32.4. The maximum atomic E-state index is 6.03. The summed E-state index contributed by atoms with van der Waals surface area (Å²) in [6.07, 6.45) is 0. The molecule has 1 aliphatic heterocycles. The van der Waals surface area contributed by atoms with Gasteiger partial charge in [-0.25, -0.2) is 0 Å². The lowest BCUT2D eigenvalue weighted by Crippen LogP contribution is -2.16. The van der Waals surface area contributed by atoms with Gasteiger partial charge in [-0.2, -0.15) is 0 Å². The van der Waals surface area contributed by atoms with Crippen LogP contribution in [0.2, 0.25) is 0 Å². The summed E-state index contributed by atoms with van der Waals surface area (Å²) in [7, 11) is 0. The van der Waals surface area contributed by atoms with Gasteiger partial charge in [-0.05, 0) is 46.5 Å². The highest BCUT2D eigenvalue weighted by molar-refractivity contribution is 9.09. The number of fused-ring (bicyclic) bond motifs is 2. The first-order valence-electron chi connectivity index (χ1n) is 15.2. The van der Waals surface area contributed by atoms with Crippen LogP contribution in [-0.4, -0.2) is 106 Å². The Morgan fingerprint density at radius 2 is 0.478 bits per heavy atom. The minimum Gasteiger partial charge on any atom is -0.487 e. The molecule has 0 N–H and O–H groups in total.